The van der Waals surface area contributed by atoms with Gasteiger partial charge in [0.2, 0.25) is 0 Å². The molecule has 0 radical (unpaired) electrons. The highest BCUT2D eigenvalue weighted by Gasteiger charge is 2.29. The molecule has 1 amide bonds. The predicted molar refractivity (Wildman–Crippen MR) is 109 cm³/mol. The second-order valence-corrected chi connectivity index (χ2v) is 6.97. The molecule has 0 bridgehead atoms. The minimum Gasteiger partial charge on any atom is -0.466 e. The van der Waals surface area contributed by atoms with E-state index in [0.717, 1.165) is 12.8 Å². The average molecular weight is 414 g/mol. The van der Waals surface area contributed by atoms with Gasteiger partial charge in [-0.15, -0.1) is 0 Å². The Hall–Kier alpha value is -3.36. The molecule has 1 saturated heterocycles. The van der Waals surface area contributed by atoms with E-state index in [-0.39, 0.29) is 35.8 Å². The number of nitrogens with zero attached hydrogens (tertiary/aromatic N) is 3. The van der Waals surface area contributed by atoms with E-state index >= 15 is 0 Å². The Balaban J connectivity index is 1.72. The number of carbonyl (C=O) groups excluding carboxylic acids is 3. The summed E-state index contributed by atoms with van der Waals surface area (Å²) in [7, 11) is 0. The quantitative estimate of drug-likeness (QED) is 0.719. The van der Waals surface area contributed by atoms with Crippen LogP contribution in [0.5, 0.6) is 0 Å². The van der Waals surface area contributed by atoms with E-state index in [1.54, 1.807) is 43.0 Å². The molecule has 160 valence electrons. The van der Waals surface area contributed by atoms with Crippen LogP contribution >= 0.6 is 0 Å². The highest BCUT2D eigenvalue weighted by molar-refractivity contribution is 5.95. The number of hydrogen-bond acceptors (Lipinski definition) is 7. The summed E-state index contributed by atoms with van der Waals surface area (Å²) in [6.07, 6.45) is 2.84. The largest absolute Gasteiger partial charge is 0.466 e. The van der Waals surface area contributed by atoms with Gasteiger partial charge < -0.3 is 20.1 Å². The third kappa shape index (κ3) is 4.45. The summed E-state index contributed by atoms with van der Waals surface area (Å²) < 4.78 is 11.5. The summed E-state index contributed by atoms with van der Waals surface area (Å²) >= 11 is 0. The Labute approximate surface area is 174 Å². The van der Waals surface area contributed by atoms with Gasteiger partial charge in [0.25, 0.3) is 5.91 Å². The minimum absolute atomic E-state index is 0.142. The van der Waals surface area contributed by atoms with Gasteiger partial charge in [-0.1, -0.05) is 0 Å². The van der Waals surface area contributed by atoms with Crippen LogP contribution in [0, 0.1) is 5.92 Å². The number of esters is 2. The maximum Gasteiger partial charge on any atom is 0.343 e. The van der Waals surface area contributed by atoms with Crippen molar-refractivity contribution in [3.05, 3.63) is 41.6 Å². The SMILES string of the molecule is CCOC(=O)c1cnn(-c2ccc(C(=O)N3CCC[C@@H](C(=O)OCC)C3)cc2)c1N. The topological polar surface area (TPSA) is 117 Å². The van der Waals surface area contributed by atoms with Crippen molar-refractivity contribution in [3.63, 3.8) is 0 Å². The molecule has 0 saturated carbocycles. The molecule has 1 fully saturated rings. The molecule has 0 unspecified atom stereocenters. The molecule has 9 heteroatoms. The van der Waals surface area contributed by atoms with E-state index in [0.29, 0.717) is 30.9 Å². The monoisotopic (exact) mass is 414 g/mol. The van der Waals surface area contributed by atoms with E-state index in [1.807, 2.05) is 0 Å². The normalized spacial score (nSPS) is 16.2. The summed E-state index contributed by atoms with van der Waals surface area (Å²) in [5.74, 6) is -1.05. The van der Waals surface area contributed by atoms with Crippen LogP contribution in [0.15, 0.2) is 30.5 Å². The molecule has 2 heterocycles. The molecular formula is C21H26N4O5. The third-order valence-electron chi connectivity index (χ3n) is 4.99. The molecule has 1 aliphatic rings. The molecule has 1 aromatic heterocycles. The van der Waals surface area contributed by atoms with Crippen molar-refractivity contribution >= 4 is 23.7 Å². The van der Waals surface area contributed by atoms with Crippen molar-refractivity contribution in [3.8, 4) is 5.69 Å². The number of anilines is 1. The van der Waals surface area contributed by atoms with Crippen LogP contribution in [0.1, 0.15) is 47.4 Å². The standard InChI is InChI=1S/C21H26N4O5/c1-3-29-20(27)15-6-5-11-24(13-15)19(26)14-7-9-16(10-8-14)25-18(22)17(12-23-25)21(28)30-4-2/h7-10,12,15H,3-6,11,13,22H2,1-2H3/t15-/m1/s1. The van der Waals surface area contributed by atoms with Gasteiger partial charge in [0.1, 0.15) is 11.4 Å². The summed E-state index contributed by atoms with van der Waals surface area (Å²) in [6, 6.07) is 6.77. The van der Waals surface area contributed by atoms with Crippen LogP contribution in [0.25, 0.3) is 5.69 Å². The first-order valence-corrected chi connectivity index (χ1v) is 10.0. The fourth-order valence-electron chi connectivity index (χ4n) is 3.47. The molecule has 3 rings (SSSR count). The van der Waals surface area contributed by atoms with Crippen LogP contribution in [0.3, 0.4) is 0 Å². The number of likely N-dealkylation sites (tertiary alicyclic amines) is 1. The van der Waals surface area contributed by atoms with Gasteiger partial charge in [0.15, 0.2) is 0 Å². The lowest BCUT2D eigenvalue weighted by Crippen LogP contribution is -2.42. The summed E-state index contributed by atoms with van der Waals surface area (Å²) in [5, 5.41) is 4.14. The molecule has 2 aromatic rings. The molecule has 1 aromatic carbocycles. The molecule has 0 aliphatic carbocycles. The number of benzene rings is 1. The van der Waals surface area contributed by atoms with E-state index in [9.17, 15) is 14.4 Å². The van der Waals surface area contributed by atoms with Gasteiger partial charge in [-0.05, 0) is 51.0 Å². The number of amides is 1. The Kier molecular flexibility index (Phi) is 6.71. The first kappa shape index (κ1) is 21.4. The van der Waals surface area contributed by atoms with Crippen molar-refractivity contribution in [1.29, 1.82) is 0 Å². The summed E-state index contributed by atoms with van der Waals surface area (Å²) in [4.78, 5) is 38.5. The zero-order valence-electron chi connectivity index (χ0n) is 17.2. The highest BCUT2D eigenvalue weighted by atomic mass is 16.5. The number of ether oxygens (including phenoxy) is 2. The third-order valence-corrected chi connectivity index (χ3v) is 4.99. The predicted octanol–water partition coefficient (Wildman–Crippen LogP) is 2.05. The number of rotatable bonds is 6. The van der Waals surface area contributed by atoms with E-state index in [1.165, 1.54) is 10.9 Å². The van der Waals surface area contributed by atoms with Crippen LogP contribution < -0.4 is 5.73 Å². The molecular weight excluding hydrogens is 388 g/mol. The van der Waals surface area contributed by atoms with Gasteiger partial charge in [-0.2, -0.15) is 5.10 Å². The highest BCUT2D eigenvalue weighted by Crippen LogP contribution is 2.22. The number of nitrogen functional groups attached to an aromatic ring is 1. The lowest BCUT2D eigenvalue weighted by atomic mass is 9.97. The van der Waals surface area contributed by atoms with Crippen LogP contribution in [-0.4, -0.2) is 58.8 Å². The number of nitrogens with two attached hydrogens (primary N) is 1. The van der Waals surface area contributed by atoms with Crippen molar-refractivity contribution in [1.82, 2.24) is 14.7 Å². The van der Waals surface area contributed by atoms with E-state index in [2.05, 4.69) is 5.10 Å². The summed E-state index contributed by atoms with van der Waals surface area (Å²) in [6.45, 7) is 5.02. The van der Waals surface area contributed by atoms with Crippen LogP contribution in [-0.2, 0) is 14.3 Å². The fourth-order valence-corrected chi connectivity index (χ4v) is 3.47. The van der Waals surface area contributed by atoms with Gasteiger partial charge in [0, 0.05) is 18.7 Å². The smallest absolute Gasteiger partial charge is 0.343 e. The number of hydrogen-bond donors (Lipinski definition) is 1. The number of aromatic nitrogens is 2. The van der Waals surface area contributed by atoms with Crippen molar-refractivity contribution in [2.24, 2.45) is 5.92 Å². The molecule has 1 atom stereocenters. The second-order valence-electron chi connectivity index (χ2n) is 6.97. The molecule has 9 nitrogen and oxygen atoms in total. The lowest BCUT2D eigenvalue weighted by Gasteiger charge is -2.31. The van der Waals surface area contributed by atoms with Gasteiger partial charge in [-0.25, -0.2) is 9.48 Å². The molecule has 30 heavy (non-hydrogen) atoms. The van der Waals surface area contributed by atoms with Crippen molar-refractivity contribution in [2.45, 2.75) is 26.7 Å². The Morgan fingerprint density at radius 1 is 1.13 bits per heavy atom. The molecule has 2 N–H and O–H groups in total. The van der Waals surface area contributed by atoms with Crippen LogP contribution in [0.4, 0.5) is 5.82 Å². The maximum atomic E-state index is 12.9. The second kappa shape index (κ2) is 9.43. The first-order chi connectivity index (χ1) is 14.5. The Bertz CT molecular complexity index is 922. The Morgan fingerprint density at radius 2 is 1.83 bits per heavy atom. The van der Waals surface area contributed by atoms with E-state index in [4.69, 9.17) is 15.2 Å². The van der Waals surface area contributed by atoms with Crippen molar-refractivity contribution in [2.75, 3.05) is 32.0 Å². The summed E-state index contributed by atoms with van der Waals surface area (Å²) in [5.41, 5.74) is 7.33. The number of piperidine rings is 1. The first-order valence-electron chi connectivity index (χ1n) is 10.0. The van der Waals surface area contributed by atoms with Crippen LogP contribution in [0.2, 0.25) is 0 Å². The van der Waals surface area contributed by atoms with Crippen molar-refractivity contribution < 1.29 is 23.9 Å². The van der Waals surface area contributed by atoms with Gasteiger partial charge in [-0.3, -0.25) is 9.59 Å². The van der Waals surface area contributed by atoms with E-state index < -0.39 is 5.97 Å². The Morgan fingerprint density at radius 3 is 2.50 bits per heavy atom. The molecule has 1 aliphatic heterocycles. The lowest BCUT2D eigenvalue weighted by molar-refractivity contribution is -0.149. The fraction of sp³-hybridized carbons (Fsp3) is 0.429. The average Bonchev–Trinajstić information content (AvgIpc) is 3.15. The van der Waals surface area contributed by atoms with Gasteiger partial charge >= 0.3 is 11.9 Å². The maximum absolute atomic E-state index is 12.9. The zero-order valence-corrected chi connectivity index (χ0v) is 17.2. The molecule has 0 spiro atoms. The minimum atomic E-state index is -0.533. The number of carbonyl (C=O) groups is 3. The zero-order chi connectivity index (χ0) is 21.7. The van der Waals surface area contributed by atoms with Gasteiger partial charge in [0.05, 0.1) is 31.0 Å².